The highest BCUT2D eigenvalue weighted by Crippen LogP contribution is 2.33. The lowest BCUT2D eigenvalue weighted by molar-refractivity contribution is -0.114. The first-order chi connectivity index (χ1) is 8.97. The normalized spacial score (nSPS) is 18.2. The fraction of sp³-hybridized carbons (Fsp3) is 0.0833. The van der Waals surface area contributed by atoms with Crippen LogP contribution in [0.3, 0.4) is 0 Å². The average molecular weight is 297 g/mol. The molecule has 1 fully saturated rings. The zero-order valence-corrected chi connectivity index (χ0v) is 10.9. The smallest absolute Gasteiger partial charge is 0.293 e. The van der Waals surface area contributed by atoms with Gasteiger partial charge in [0.1, 0.15) is 5.70 Å². The first kappa shape index (κ1) is 12.2. The number of amides is 3. The van der Waals surface area contributed by atoms with Gasteiger partial charge >= 0.3 is 6.03 Å². The lowest BCUT2D eigenvalue weighted by Crippen LogP contribution is -2.34. The molecule has 7 heteroatoms. The van der Waals surface area contributed by atoms with Crippen LogP contribution in [-0.4, -0.2) is 29.2 Å². The van der Waals surface area contributed by atoms with Gasteiger partial charge in [-0.25, -0.2) is 9.69 Å². The maximum atomic E-state index is 12.1. The van der Waals surface area contributed by atoms with E-state index in [0.29, 0.717) is 10.0 Å². The topological polar surface area (TPSA) is 57.7 Å². The Bertz CT molecular complexity index is 649. The number of benzene rings is 1. The number of hydrogen-bond acceptors (Lipinski definition) is 3. The molecule has 2 aliphatic heterocycles. The minimum absolute atomic E-state index is 0.0890. The van der Waals surface area contributed by atoms with E-state index in [1.54, 1.807) is 0 Å². The van der Waals surface area contributed by atoms with Crippen LogP contribution >= 0.6 is 23.2 Å². The molecule has 1 aromatic rings. The van der Waals surface area contributed by atoms with Crippen molar-refractivity contribution in [2.45, 2.75) is 0 Å². The molecule has 2 aliphatic rings. The second-order valence-electron chi connectivity index (χ2n) is 4.13. The summed E-state index contributed by atoms with van der Waals surface area (Å²) in [6.45, 7) is -0.106. The van der Waals surface area contributed by atoms with Crippen LogP contribution in [-0.2, 0) is 9.59 Å². The highest BCUT2D eigenvalue weighted by molar-refractivity contribution is 6.36. The van der Waals surface area contributed by atoms with Crippen molar-refractivity contribution >= 4 is 46.6 Å². The summed E-state index contributed by atoms with van der Waals surface area (Å²) in [6, 6.07) is 3.86. The van der Waals surface area contributed by atoms with Crippen molar-refractivity contribution in [2.75, 3.05) is 11.4 Å². The molecule has 1 saturated heterocycles. The van der Waals surface area contributed by atoms with Crippen molar-refractivity contribution in [3.63, 3.8) is 0 Å². The molecule has 0 aromatic heterocycles. The third kappa shape index (κ3) is 1.82. The maximum absolute atomic E-state index is 12.1. The molecule has 0 saturated carbocycles. The van der Waals surface area contributed by atoms with Crippen LogP contribution in [0.25, 0.3) is 0 Å². The van der Waals surface area contributed by atoms with Crippen LogP contribution in [0.4, 0.5) is 10.5 Å². The fourth-order valence-corrected chi connectivity index (χ4v) is 2.60. The second-order valence-corrected chi connectivity index (χ2v) is 5.01. The minimum atomic E-state index is -0.569. The summed E-state index contributed by atoms with van der Waals surface area (Å²) in [6.07, 6.45) is 1.17. The summed E-state index contributed by atoms with van der Waals surface area (Å²) in [5.41, 5.74) is 0.376. The molecule has 96 valence electrons. The average Bonchev–Trinajstić information content (AvgIpc) is 2.78. The number of nitrogens with zero attached hydrogens (tertiary/aromatic N) is 2. The molecule has 3 amide bonds. The molecule has 5 nitrogen and oxygen atoms in total. The van der Waals surface area contributed by atoms with Crippen molar-refractivity contribution in [1.29, 1.82) is 0 Å². The highest BCUT2D eigenvalue weighted by Gasteiger charge is 2.45. The van der Waals surface area contributed by atoms with E-state index in [0.717, 1.165) is 9.80 Å². The Labute approximate surface area is 118 Å². The number of imide groups is 1. The van der Waals surface area contributed by atoms with Gasteiger partial charge in [-0.05, 0) is 18.2 Å². The number of hydrogen-bond donors (Lipinski definition) is 0. The molecule has 0 radical (unpaired) electrons. The van der Waals surface area contributed by atoms with Crippen LogP contribution in [0.1, 0.15) is 0 Å². The van der Waals surface area contributed by atoms with Crippen LogP contribution in [0.5, 0.6) is 0 Å². The lowest BCUT2D eigenvalue weighted by atomic mass is 10.3. The molecular weight excluding hydrogens is 291 g/mol. The van der Waals surface area contributed by atoms with Crippen LogP contribution in [0, 0.1) is 0 Å². The highest BCUT2D eigenvalue weighted by atomic mass is 35.5. The van der Waals surface area contributed by atoms with Crippen LogP contribution in [0.15, 0.2) is 30.0 Å². The third-order valence-electron chi connectivity index (χ3n) is 2.85. The van der Waals surface area contributed by atoms with Gasteiger partial charge in [-0.1, -0.05) is 23.2 Å². The SMILES string of the molecule is O=C1C=C2C(=O)N(c3cc(Cl)cc(Cl)c3)C(=O)N2C1. The van der Waals surface area contributed by atoms with E-state index < -0.39 is 11.9 Å². The largest absolute Gasteiger partial charge is 0.336 e. The Hall–Kier alpha value is -1.85. The monoisotopic (exact) mass is 296 g/mol. The molecular formula is C12H6Cl2N2O3. The van der Waals surface area contributed by atoms with Crippen molar-refractivity contribution in [3.05, 3.63) is 40.0 Å². The summed E-state index contributed by atoms with van der Waals surface area (Å²) in [5, 5.41) is 0.639. The van der Waals surface area contributed by atoms with E-state index in [4.69, 9.17) is 23.2 Å². The van der Waals surface area contributed by atoms with Crippen molar-refractivity contribution < 1.29 is 14.4 Å². The first-order valence-electron chi connectivity index (χ1n) is 5.34. The number of urea groups is 1. The molecule has 0 spiro atoms. The Morgan fingerprint density at radius 3 is 2.21 bits per heavy atom. The predicted molar refractivity (Wildman–Crippen MR) is 69.1 cm³/mol. The number of rotatable bonds is 1. The molecule has 3 rings (SSSR count). The van der Waals surface area contributed by atoms with Gasteiger partial charge in [-0.2, -0.15) is 0 Å². The maximum Gasteiger partial charge on any atom is 0.336 e. The number of fused-ring (bicyclic) bond motifs is 1. The molecule has 0 aliphatic carbocycles. The summed E-state index contributed by atoms with van der Waals surface area (Å²) in [7, 11) is 0. The second kappa shape index (κ2) is 4.08. The van der Waals surface area contributed by atoms with Gasteiger partial charge in [0.2, 0.25) is 0 Å². The van der Waals surface area contributed by atoms with Gasteiger partial charge in [-0.3, -0.25) is 14.5 Å². The lowest BCUT2D eigenvalue weighted by Gasteiger charge is -2.15. The number of carbonyl (C=O) groups excluding carboxylic acids is 3. The van der Waals surface area contributed by atoms with Crippen LogP contribution < -0.4 is 4.90 Å². The van der Waals surface area contributed by atoms with Gasteiger partial charge in [0.25, 0.3) is 5.91 Å². The first-order valence-corrected chi connectivity index (χ1v) is 6.09. The molecule has 19 heavy (non-hydrogen) atoms. The van der Waals surface area contributed by atoms with Crippen molar-refractivity contribution in [1.82, 2.24) is 4.90 Å². The van der Waals surface area contributed by atoms with Crippen LogP contribution in [0.2, 0.25) is 10.0 Å². The van der Waals surface area contributed by atoms with E-state index in [-0.39, 0.29) is 23.7 Å². The molecule has 2 heterocycles. The third-order valence-corrected chi connectivity index (χ3v) is 3.29. The van der Waals surface area contributed by atoms with E-state index >= 15 is 0 Å². The quantitative estimate of drug-likeness (QED) is 0.747. The van der Waals surface area contributed by atoms with E-state index in [2.05, 4.69) is 0 Å². The zero-order valence-electron chi connectivity index (χ0n) is 9.39. The molecule has 0 atom stereocenters. The van der Waals surface area contributed by atoms with Gasteiger partial charge in [0.05, 0.1) is 12.2 Å². The van der Waals surface area contributed by atoms with Gasteiger partial charge in [0.15, 0.2) is 5.78 Å². The number of carbonyl (C=O) groups is 3. The summed E-state index contributed by atoms with van der Waals surface area (Å²) < 4.78 is 0. The summed E-state index contributed by atoms with van der Waals surface area (Å²) in [5.74, 6) is -0.811. The fourth-order valence-electron chi connectivity index (χ4n) is 2.08. The molecule has 1 aromatic carbocycles. The van der Waals surface area contributed by atoms with E-state index in [9.17, 15) is 14.4 Å². The van der Waals surface area contributed by atoms with Gasteiger partial charge < -0.3 is 0 Å². The predicted octanol–water partition coefficient (Wildman–Crippen LogP) is 2.23. The standard InChI is InChI=1S/C12H6Cl2N2O3/c13-6-1-7(14)3-8(2-6)16-11(18)10-4-9(17)5-15(10)12(16)19/h1-4H,5H2. The Morgan fingerprint density at radius 1 is 1.00 bits per heavy atom. The zero-order chi connectivity index (χ0) is 13.7. The number of ketones is 1. The molecule has 0 N–H and O–H groups in total. The van der Waals surface area contributed by atoms with E-state index in [1.165, 1.54) is 24.3 Å². The Morgan fingerprint density at radius 2 is 1.63 bits per heavy atom. The minimum Gasteiger partial charge on any atom is -0.293 e. The number of anilines is 1. The van der Waals surface area contributed by atoms with Gasteiger partial charge in [0, 0.05) is 16.1 Å². The van der Waals surface area contributed by atoms with Crippen molar-refractivity contribution in [3.8, 4) is 0 Å². The summed E-state index contributed by atoms with van der Waals surface area (Å²) >= 11 is 11.7. The Kier molecular flexibility index (Phi) is 2.62. The number of halogens is 2. The summed E-state index contributed by atoms with van der Waals surface area (Å²) in [4.78, 5) is 37.5. The molecule has 0 bridgehead atoms. The molecule has 0 unspecified atom stereocenters. The Balaban J connectivity index is 2.07. The van der Waals surface area contributed by atoms with Crippen molar-refractivity contribution in [2.24, 2.45) is 0 Å². The van der Waals surface area contributed by atoms with E-state index in [1.807, 2.05) is 0 Å². The van der Waals surface area contributed by atoms with Gasteiger partial charge in [-0.15, -0.1) is 0 Å².